The predicted octanol–water partition coefficient (Wildman–Crippen LogP) is 15.9. The van der Waals surface area contributed by atoms with Gasteiger partial charge in [-0.1, -0.05) is 182 Å². The smallest absolute Gasteiger partial charge is 0.264 e. The summed E-state index contributed by atoms with van der Waals surface area (Å²) in [7, 11) is 0. The number of hydrogen-bond donors (Lipinski definition) is 0. The Morgan fingerprint density at radius 3 is 1.71 bits per heavy atom. The van der Waals surface area contributed by atoms with Crippen molar-refractivity contribution in [3.05, 3.63) is 244 Å². The number of rotatable bonds is 5. The molecule has 2 nitrogen and oxygen atoms in total. The maximum Gasteiger partial charge on any atom is 0.264 e. The molecule has 3 heterocycles. The van der Waals surface area contributed by atoms with Crippen molar-refractivity contribution in [2.75, 3.05) is 9.80 Å². The Bertz CT molecular complexity index is 3760. The minimum atomic E-state index is -0.469. The Hall–Kier alpha value is -7.66. The highest BCUT2D eigenvalue weighted by Crippen LogP contribution is 2.67. The molecule has 0 N–H and O–H groups in total. The van der Waals surface area contributed by atoms with Crippen LogP contribution in [-0.4, -0.2) is 6.71 Å². The number of aryl methyl sites for hydroxylation is 4. The molecule has 334 valence electrons. The van der Waals surface area contributed by atoms with E-state index >= 15 is 0 Å². The molecule has 0 atom stereocenters. The van der Waals surface area contributed by atoms with Crippen LogP contribution in [0.3, 0.4) is 0 Å². The highest BCUT2D eigenvalue weighted by Gasteiger charge is 2.57. The monoisotopic (exact) mass is 914 g/mol. The van der Waals surface area contributed by atoms with Crippen LogP contribution < -0.4 is 25.5 Å². The first kappa shape index (κ1) is 41.3. The zero-order valence-electron chi connectivity index (χ0n) is 40.4. The molecule has 0 radical (unpaired) electrons. The summed E-state index contributed by atoms with van der Waals surface area (Å²) in [6, 6.07) is 74.5. The lowest BCUT2D eigenvalue weighted by atomic mass is 9.36. The summed E-state index contributed by atoms with van der Waals surface area (Å²) < 4.78 is 1.40. The molecule has 2 aliphatic heterocycles. The number of fused-ring (bicyclic) bond motifs is 15. The summed E-state index contributed by atoms with van der Waals surface area (Å²) in [5.74, 6) is 0.391. The van der Waals surface area contributed by atoms with Crippen LogP contribution in [0.2, 0.25) is 0 Å². The van der Waals surface area contributed by atoms with Crippen molar-refractivity contribution in [3.63, 3.8) is 0 Å². The second kappa shape index (κ2) is 15.2. The second-order valence-corrected chi connectivity index (χ2v) is 21.6. The fourth-order valence-corrected chi connectivity index (χ4v) is 14.3. The molecular formula is C66H51BN2S. The van der Waals surface area contributed by atoms with Gasteiger partial charge in [0.2, 0.25) is 0 Å². The molecule has 9 aromatic carbocycles. The van der Waals surface area contributed by atoms with E-state index in [-0.39, 0.29) is 6.71 Å². The SMILES string of the molecule is Cc1ccc(N2c3cc(-c4cc(C)ccc4-c4ccccc4)ccc3B3c4sc5c(c4N(c4ccc(C)cc4)c4cc(C)cc2c43)-c2ccc(C(C)C)cc2C52c3ccccc3-c3ccccc32)cc1. The van der Waals surface area contributed by atoms with Gasteiger partial charge in [-0.25, -0.2) is 0 Å². The van der Waals surface area contributed by atoms with Gasteiger partial charge in [0.25, 0.3) is 6.71 Å². The fourth-order valence-electron chi connectivity index (χ4n) is 12.7. The first-order valence-corrected chi connectivity index (χ1v) is 25.7. The molecule has 1 aromatic heterocycles. The largest absolute Gasteiger partial charge is 0.311 e. The minimum absolute atomic E-state index is 0.0166. The maximum atomic E-state index is 2.66. The standard InChI is InChI=1S/C66H51BN2S/c1-39(2)45-25-32-52-56(37-45)66(54-18-12-10-16-50(54)51-17-11-13-19-55(51)66)64-61(52)63-65(70-64)67-57-33-26-46(53-34-42(5)24-31-49(53)44-14-8-7-9-15-44)38-58(57)68(47-27-20-40(3)21-28-47)59-35-43(6)36-60(62(59)67)69(63)48-29-22-41(4)23-30-48/h7-39H,1-6H3. The molecule has 10 aromatic rings. The molecule has 0 unspecified atom stereocenters. The Kier molecular flexibility index (Phi) is 8.96. The fraction of sp³-hybridized carbons (Fsp3) is 0.121. The van der Waals surface area contributed by atoms with Gasteiger partial charge in [0.05, 0.1) is 11.1 Å². The normalized spacial score (nSPS) is 14.0. The average molecular weight is 915 g/mol. The zero-order chi connectivity index (χ0) is 47.2. The highest BCUT2D eigenvalue weighted by atomic mass is 32.1. The molecular weight excluding hydrogens is 864 g/mol. The van der Waals surface area contributed by atoms with Crippen LogP contribution in [0.5, 0.6) is 0 Å². The van der Waals surface area contributed by atoms with Crippen LogP contribution in [-0.2, 0) is 5.41 Å². The van der Waals surface area contributed by atoms with Gasteiger partial charge in [-0.05, 0) is 154 Å². The third-order valence-corrected chi connectivity index (χ3v) is 17.2. The first-order chi connectivity index (χ1) is 34.2. The summed E-state index contributed by atoms with van der Waals surface area (Å²) in [6.07, 6.45) is 0. The highest BCUT2D eigenvalue weighted by molar-refractivity contribution is 7.30. The van der Waals surface area contributed by atoms with E-state index in [1.165, 1.54) is 138 Å². The molecule has 0 saturated heterocycles. The van der Waals surface area contributed by atoms with Crippen LogP contribution in [0.25, 0.3) is 44.5 Å². The zero-order valence-corrected chi connectivity index (χ0v) is 41.2. The van der Waals surface area contributed by atoms with Gasteiger partial charge in [-0.15, -0.1) is 11.3 Å². The van der Waals surface area contributed by atoms with E-state index in [4.69, 9.17) is 0 Å². The molecule has 0 saturated carbocycles. The van der Waals surface area contributed by atoms with Crippen molar-refractivity contribution in [1.82, 2.24) is 0 Å². The van der Waals surface area contributed by atoms with Gasteiger partial charge in [-0.3, -0.25) is 0 Å². The predicted molar refractivity (Wildman–Crippen MR) is 299 cm³/mol. The lowest BCUT2D eigenvalue weighted by molar-refractivity contribution is 0.799. The molecule has 1 spiro atoms. The maximum absolute atomic E-state index is 2.66. The van der Waals surface area contributed by atoms with E-state index in [1.54, 1.807) is 0 Å². The first-order valence-electron chi connectivity index (χ1n) is 24.9. The molecule has 0 fully saturated rings. The molecule has 70 heavy (non-hydrogen) atoms. The Morgan fingerprint density at radius 2 is 1.04 bits per heavy atom. The third-order valence-electron chi connectivity index (χ3n) is 15.9. The summed E-state index contributed by atoms with van der Waals surface area (Å²) in [4.78, 5) is 6.66. The van der Waals surface area contributed by atoms with Crippen molar-refractivity contribution in [1.29, 1.82) is 0 Å². The lowest BCUT2D eigenvalue weighted by Gasteiger charge is -2.44. The second-order valence-electron chi connectivity index (χ2n) is 20.5. The van der Waals surface area contributed by atoms with Gasteiger partial charge < -0.3 is 9.80 Å². The van der Waals surface area contributed by atoms with Crippen LogP contribution >= 0.6 is 11.3 Å². The van der Waals surface area contributed by atoms with Crippen molar-refractivity contribution in [2.24, 2.45) is 0 Å². The van der Waals surface area contributed by atoms with Crippen molar-refractivity contribution < 1.29 is 0 Å². The van der Waals surface area contributed by atoms with E-state index < -0.39 is 5.41 Å². The van der Waals surface area contributed by atoms with Crippen molar-refractivity contribution in [2.45, 2.75) is 52.9 Å². The number of nitrogens with zero attached hydrogens (tertiary/aromatic N) is 2. The van der Waals surface area contributed by atoms with Crippen LogP contribution in [0.15, 0.2) is 194 Å². The van der Waals surface area contributed by atoms with Gasteiger partial charge in [-0.2, -0.15) is 0 Å². The molecule has 0 amide bonds. The topological polar surface area (TPSA) is 6.48 Å². The van der Waals surface area contributed by atoms with Crippen LogP contribution in [0, 0.1) is 27.7 Å². The molecule has 14 rings (SSSR count). The lowest BCUT2D eigenvalue weighted by Crippen LogP contribution is -2.60. The van der Waals surface area contributed by atoms with E-state index in [1.807, 2.05) is 0 Å². The summed E-state index contributed by atoms with van der Waals surface area (Å²) in [5.41, 5.74) is 30.5. The van der Waals surface area contributed by atoms with Crippen molar-refractivity contribution in [3.8, 4) is 44.5 Å². The van der Waals surface area contributed by atoms with Gasteiger partial charge >= 0.3 is 0 Å². The van der Waals surface area contributed by atoms with E-state index in [2.05, 4.69) is 257 Å². The number of hydrogen-bond acceptors (Lipinski definition) is 3. The Morgan fingerprint density at radius 1 is 0.443 bits per heavy atom. The van der Waals surface area contributed by atoms with Crippen molar-refractivity contribution >= 4 is 67.9 Å². The van der Waals surface area contributed by atoms with Crippen LogP contribution in [0.4, 0.5) is 34.1 Å². The molecule has 2 aliphatic carbocycles. The molecule has 4 aliphatic rings. The van der Waals surface area contributed by atoms with Gasteiger partial charge in [0.15, 0.2) is 0 Å². The van der Waals surface area contributed by atoms with E-state index in [0.29, 0.717) is 5.92 Å². The number of anilines is 6. The summed E-state index contributed by atoms with van der Waals surface area (Å²) in [6.45, 7) is 13.5. The Balaban J connectivity index is 1.11. The van der Waals surface area contributed by atoms with E-state index in [9.17, 15) is 0 Å². The van der Waals surface area contributed by atoms with Gasteiger partial charge in [0.1, 0.15) is 0 Å². The minimum Gasteiger partial charge on any atom is -0.311 e. The Labute approximate surface area is 416 Å². The summed E-state index contributed by atoms with van der Waals surface area (Å²) >= 11 is 2.07. The quantitative estimate of drug-likeness (QED) is 0.159. The average Bonchev–Trinajstić information content (AvgIpc) is 4.01. The third kappa shape index (κ3) is 5.69. The van der Waals surface area contributed by atoms with Gasteiger partial charge in [0, 0.05) is 43.7 Å². The molecule has 4 heteroatoms. The van der Waals surface area contributed by atoms with Crippen LogP contribution in [0.1, 0.15) is 69.2 Å². The summed E-state index contributed by atoms with van der Waals surface area (Å²) in [5, 5.41) is 0. The molecule has 0 bridgehead atoms. The van der Waals surface area contributed by atoms with E-state index in [0.717, 1.165) is 5.69 Å². The number of thiophene rings is 1. The number of benzene rings is 9.